The number of hydrogen-bond donors (Lipinski definition) is 2. The van der Waals surface area contributed by atoms with Crippen LogP contribution >= 0.6 is 11.6 Å². The van der Waals surface area contributed by atoms with E-state index in [0.29, 0.717) is 12.1 Å². The molecule has 1 aromatic carbocycles. The fraction of sp³-hybridized carbons (Fsp3) is 0.200. The summed E-state index contributed by atoms with van der Waals surface area (Å²) in [7, 11) is -3.39. The molecule has 0 heterocycles. The summed E-state index contributed by atoms with van der Waals surface area (Å²) in [6.45, 7) is 3.45. The quantitative estimate of drug-likeness (QED) is 0.632. The Balaban J connectivity index is 2.80. The van der Waals surface area contributed by atoms with Gasteiger partial charge in [0.25, 0.3) is 0 Å². The van der Waals surface area contributed by atoms with Gasteiger partial charge in [0.2, 0.25) is 10.0 Å². The third-order valence-corrected chi connectivity index (χ3v) is 3.43. The molecule has 4 nitrogen and oxygen atoms in total. The molecule has 16 heavy (non-hydrogen) atoms. The zero-order valence-corrected chi connectivity index (χ0v) is 10.1. The Morgan fingerprint density at radius 1 is 1.50 bits per heavy atom. The van der Waals surface area contributed by atoms with E-state index in [1.165, 1.54) is 24.3 Å². The van der Waals surface area contributed by atoms with Crippen LogP contribution in [0.2, 0.25) is 5.02 Å². The molecular formula is C10H12ClNO3S. The number of aromatic hydroxyl groups is 1. The Labute approximate surface area is 99.6 Å². The van der Waals surface area contributed by atoms with E-state index in [1.807, 2.05) is 0 Å². The summed E-state index contributed by atoms with van der Waals surface area (Å²) in [5.74, 6) is -0.120. The van der Waals surface area contributed by atoms with Crippen molar-refractivity contribution in [2.24, 2.45) is 0 Å². The SMILES string of the molecule is C=CCCS(=O)(=O)Nc1ccc(O)c(Cl)c1. The molecule has 6 heteroatoms. The molecule has 0 aromatic heterocycles. The summed E-state index contributed by atoms with van der Waals surface area (Å²) in [6, 6.07) is 4.11. The van der Waals surface area contributed by atoms with Gasteiger partial charge >= 0.3 is 0 Å². The van der Waals surface area contributed by atoms with Crippen molar-refractivity contribution >= 4 is 27.3 Å². The van der Waals surface area contributed by atoms with Crippen LogP contribution < -0.4 is 4.72 Å². The molecule has 0 amide bonds. The van der Waals surface area contributed by atoms with Gasteiger partial charge in [0.15, 0.2) is 0 Å². The van der Waals surface area contributed by atoms with Gasteiger partial charge < -0.3 is 5.11 Å². The van der Waals surface area contributed by atoms with E-state index in [-0.39, 0.29) is 16.5 Å². The van der Waals surface area contributed by atoms with E-state index < -0.39 is 10.0 Å². The number of anilines is 1. The van der Waals surface area contributed by atoms with Crippen LogP contribution in [0.3, 0.4) is 0 Å². The van der Waals surface area contributed by atoms with Gasteiger partial charge in [0.1, 0.15) is 5.75 Å². The van der Waals surface area contributed by atoms with Crippen LogP contribution in [-0.2, 0) is 10.0 Å². The molecule has 1 aromatic rings. The van der Waals surface area contributed by atoms with Gasteiger partial charge in [-0.15, -0.1) is 6.58 Å². The lowest BCUT2D eigenvalue weighted by Gasteiger charge is -2.07. The van der Waals surface area contributed by atoms with Crippen molar-refractivity contribution in [2.45, 2.75) is 6.42 Å². The topological polar surface area (TPSA) is 66.4 Å². The predicted molar refractivity (Wildman–Crippen MR) is 65.3 cm³/mol. The summed E-state index contributed by atoms with van der Waals surface area (Å²) in [4.78, 5) is 0. The van der Waals surface area contributed by atoms with Crippen LogP contribution in [-0.4, -0.2) is 19.3 Å². The highest BCUT2D eigenvalue weighted by Gasteiger charge is 2.10. The molecule has 0 aliphatic heterocycles. The molecule has 1 rings (SSSR count). The van der Waals surface area contributed by atoms with Crippen molar-refractivity contribution in [3.05, 3.63) is 35.9 Å². The van der Waals surface area contributed by atoms with E-state index >= 15 is 0 Å². The van der Waals surface area contributed by atoms with Gasteiger partial charge in [-0.25, -0.2) is 8.42 Å². The summed E-state index contributed by atoms with van der Waals surface area (Å²) >= 11 is 5.65. The Bertz CT molecular complexity index is 485. The number of phenols is 1. The second-order valence-corrected chi connectivity index (χ2v) is 5.41. The summed E-state index contributed by atoms with van der Waals surface area (Å²) in [6.07, 6.45) is 1.91. The number of nitrogens with one attached hydrogen (secondary N) is 1. The molecular weight excluding hydrogens is 250 g/mol. The molecule has 0 atom stereocenters. The Kier molecular flexibility index (Phi) is 4.20. The van der Waals surface area contributed by atoms with Crippen LogP contribution in [0.5, 0.6) is 5.75 Å². The van der Waals surface area contributed by atoms with Crippen molar-refractivity contribution in [3.63, 3.8) is 0 Å². The first-order chi connectivity index (χ1) is 7.44. The smallest absolute Gasteiger partial charge is 0.233 e. The standard InChI is InChI=1S/C10H12ClNO3S/c1-2-3-6-16(14,15)12-8-4-5-10(13)9(11)7-8/h2,4-5,7,12-13H,1,3,6H2. The second-order valence-electron chi connectivity index (χ2n) is 3.16. The number of phenolic OH excluding ortho intramolecular Hbond substituents is 1. The minimum atomic E-state index is -3.39. The van der Waals surface area contributed by atoms with Crippen LogP contribution in [0.4, 0.5) is 5.69 Å². The van der Waals surface area contributed by atoms with Crippen molar-refractivity contribution in [3.8, 4) is 5.75 Å². The first-order valence-corrected chi connectivity index (χ1v) is 6.57. The van der Waals surface area contributed by atoms with Crippen LogP contribution in [0.25, 0.3) is 0 Å². The minimum absolute atomic E-state index is 0.0327. The van der Waals surface area contributed by atoms with Crippen molar-refractivity contribution in [1.29, 1.82) is 0 Å². The maximum Gasteiger partial charge on any atom is 0.233 e. The number of rotatable bonds is 5. The molecule has 0 radical (unpaired) electrons. The number of hydrogen-bond acceptors (Lipinski definition) is 3. The van der Waals surface area contributed by atoms with E-state index in [9.17, 15) is 8.42 Å². The lowest BCUT2D eigenvalue weighted by atomic mass is 10.3. The molecule has 0 saturated carbocycles. The first kappa shape index (κ1) is 12.9. The number of sulfonamides is 1. The zero-order chi connectivity index (χ0) is 12.2. The van der Waals surface area contributed by atoms with E-state index in [4.69, 9.17) is 16.7 Å². The lowest BCUT2D eigenvalue weighted by Crippen LogP contribution is -2.16. The van der Waals surface area contributed by atoms with E-state index in [0.717, 1.165) is 0 Å². The van der Waals surface area contributed by atoms with Crippen molar-refractivity contribution < 1.29 is 13.5 Å². The highest BCUT2D eigenvalue weighted by atomic mass is 35.5. The molecule has 0 fully saturated rings. The largest absolute Gasteiger partial charge is 0.506 e. The predicted octanol–water partition coefficient (Wildman–Crippen LogP) is 2.36. The maximum atomic E-state index is 11.5. The highest BCUT2D eigenvalue weighted by Crippen LogP contribution is 2.26. The average molecular weight is 262 g/mol. The summed E-state index contributed by atoms with van der Waals surface area (Å²) < 4.78 is 25.3. The lowest BCUT2D eigenvalue weighted by molar-refractivity contribution is 0.475. The monoisotopic (exact) mass is 261 g/mol. The van der Waals surface area contributed by atoms with Gasteiger partial charge in [-0.05, 0) is 24.6 Å². The molecule has 0 bridgehead atoms. The molecule has 0 spiro atoms. The third kappa shape index (κ3) is 3.75. The Morgan fingerprint density at radius 2 is 2.19 bits per heavy atom. The second kappa shape index (κ2) is 5.23. The van der Waals surface area contributed by atoms with Crippen LogP contribution in [0, 0.1) is 0 Å². The first-order valence-electron chi connectivity index (χ1n) is 4.54. The molecule has 0 unspecified atom stereocenters. The average Bonchev–Trinajstić information content (AvgIpc) is 2.20. The fourth-order valence-corrected chi connectivity index (χ4v) is 2.29. The molecule has 0 aliphatic rings. The number of halogens is 1. The Morgan fingerprint density at radius 3 is 2.75 bits per heavy atom. The molecule has 0 aliphatic carbocycles. The maximum absolute atomic E-state index is 11.5. The fourth-order valence-electron chi connectivity index (χ4n) is 1.04. The van der Waals surface area contributed by atoms with Crippen molar-refractivity contribution in [2.75, 3.05) is 10.5 Å². The Hall–Kier alpha value is -1.20. The van der Waals surface area contributed by atoms with Crippen molar-refractivity contribution in [1.82, 2.24) is 0 Å². The van der Waals surface area contributed by atoms with Gasteiger partial charge in [-0.1, -0.05) is 17.7 Å². The highest BCUT2D eigenvalue weighted by molar-refractivity contribution is 7.92. The van der Waals surface area contributed by atoms with E-state index in [2.05, 4.69) is 11.3 Å². The molecule has 0 saturated heterocycles. The normalized spacial score (nSPS) is 11.1. The molecule has 88 valence electrons. The number of allylic oxidation sites excluding steroid dienone is 1. The zero-order valence-electron chi connectivity index (χ0n) is 8.48. The summed E-state index contributed by atoms with van der Waals surface area (Å²) in [5, 5.41) is 9.26. The van der Waals surface area contributed by atoms with Gasteiger partial charge in [0, 0.05) is 0 Å². The van der Waals surface area contributed by atoms with Crippen LogP contribution in [0.1, 0.15) is 6.42 Å². The van der Waals surface area contributed by atoms with Gasteiger partial charge in [0.05, 0.1) is 16.5 Å². The van der Waals surface area contributed by atoms with Crippen LogP contribution in [0.15, 0.2) is 30.9 Å². The molecule has 2 N–H and O–H groups in total. The number of benzene rings is 1. The minimum Gasteiger partial charge on any atom is -0.506 e. The third-order valence-electron chi connectivity index (χ3n) is 1.81. The van der Waals surface area contributed by atoms with E-state index in [1.54, 1.807) is 0 Å². The van der Waals surface area contributed by atoms with Gasteiger partial charge in [-0.2, -0.15) is 0 Å². The van der Waals surface area contributed by atoms with Gasteiger partial charge in [-0.3, -0.25) is 4.72 Å². The summed E-state index contributed by atoms with van der Waals surface area (Å²) in [5.41, 5.74) is 0.326.